The molecule has 0 amide bonds. The van der Waals surface area contributed by atoms with Crippen LogP contribution < -0.4 is 5.32 Å². The number of hydrogen-bond donors (Lipinski definition) is 10. The maximum absolute atomic E-state index is 11.8. The average molecular weight is 884 g/mol. The summed E-state index contributed by atoms with van der Waals surface area (Å²) < 4.78 is 42.9. The molecule has 8 fully saturated rings. The maximum atomic E-state index is 11.8. The highest BCUT2D eigenvalue weighted by molar-refractivity contribution is 5.26. The smallest absolute Gasteiger partial charge is 0.187 e. The van der Waals surface area contributed by atoms with Crippen LogP contribution in [0.4, 0.5) is 0 Å². The maximum Gasteiger partial charge on any atom is 0.187 e. The van der Waals surface area contributed by atoms with Crippen LogP contribution in [0.2, 0.25) is 0 Å². The lowest BCUT2D eigenvalue weighted by molar-refractivity contribution is -0.389. The molecule has 5 heterocycles. The second-order valence-corrected chi connectivity index (χ2v) is 21.2. The summed E-state index contributed by atoms with van der Waals surface area (Å²) in [6.07, 6.45) is -11.8. The highest BCUT2D eigenvalue weighted by Crippen LogP contribution is 2.70. The summed E-state index contributed by atoms with van der Waals surface area (Å²) in [5.41, 5.74) is 1.41. The van der Waals surface area contributed by atoms with Crippen LogP contribution in [0, 0.1) is 46.3 Å². The Kier molecular flexibility index (Phi) is 12.9. The van der Waals surface area contributed by atoms with Crippen molar-refractivity contribution in [3.8, 4) is 0 Å². The summed E-state index contributed by atoms with van der Waals surface area (Å²) in [7, 11) is 0. The van der Waals surface area contributed by atoms with Gasteiger partial charge in [-0.15, -0.1) is 0 Å². The lowest BCUT2D eigenvalue weighted by atomic mass is 9.47. The molecule has 62 heavy (non-hydrogen) atoms. The molecule has 10 N–H and O–H groups in total. The number of aliphatic hydroxyl groups is 9. The van der Waals surface area contributed by atoms with Crippen molar-refractivity contribution in [2.24, 2.45) is 46.3 Å². The fraction of sp³-hybridized carbons (Fsp3) is 0.956. The Morgan fingerprint density at radius 2 is 1.39 bits per heavy atom. The van der Waals surface area contributed by atoms with E-state index < -0.39 is 105 Å². The third-order valence-corrected chi connectivity index (χ3v) is 17.9. The predicted octanol–water partition coefficient (Wildman–Crippen LogP) is -0.213. The van der Waals surface area contributed by atoms with E-state index in [0.29, 0.717) is 54.5 Å². The predicted molar refractivity (Wildman–Crippen MR) is 216 cm³/mol. The molecule has 0 aromatic heterocycles. The zero-order valence-electron chi connectivity index (χ0n) is 36.7. The molecule has 17 nitrogen and oxygen atoms in total. The number of fused-ring (bicyclic) bond motifs is 7. The molecular formula is C45H73NO16. The quantitative estimate of drug-likeness (QED) is 0.142. The average Bonchev–Trinajstić information content (AvgIpc) is 3.70. The lowest BCUT2D eigenvalue weighted by Gasteiger charge is -2.59. The summed E-state index contributed by atoms with van der Waals surface area (Å²) >= 11 is 0. The molecule has 4 aliphatic carbocycles. The molecule has 9 aliphatic rings. The number of nitrogens with one attached hydrogen (secondary N) is 1. The minimum Gasteiger partial charge on any atom is -0.394 e. The van der Waals surface area contributed by atoms with E-state index in [1.54, 1.807) is 0 Å². The van der Waals surface area contributed by atoms with Gasteiger partial charge in [0.1, 0.15) is 72.9 Å². The lowest BCUT2D eigenvalue weighted by Crippen LogP contribution is -2.67. The van der Waals surface area contributed by atoms with Gasteiger partial charge in [-0.2, -0.15) is 0 Å². The summed E-state index contributed by atoms with van der Waals surface area (Å²) in [4.78, 5) is 0. The number of allylic oxidation sites excluding steroid dienone is 1. The second kappa shape index (κ2) is 17.3. The molecular weight excluding hydrogens is 810 g/mol. The molecule has 17 heteroatoms. The van der Waals surface area contributed by atoms with Gasteiger partial charge in [-0.05, 0) is 105 Å². The topological polar surface area (TPSA) is 259 Å². The molecule has 26 atom stereocenters. The SMILES string of the molecule is C[C@@H]1CC[C@]2(NC1)O[C@@H]1C[C@@H]3[C@H]4CC=C5C[C@@H](O[C@H]6O[C@@H](CO)[C@H](O)[C@@H](O[C@@H]7O[C@H](CO)[C@@H](O)[C@H](O)[C@@H]7O[C@@H]7O[C@H](C)[C@H](O)[C@H](O)[C@@H]7O)[C@@H]6O)CC[C@@]5(C)[C@@H]4CC[C@@]3(C)[C@@H]1[C@H]2C. The van der Waals surface area contributed by atoms with Gasteiger partial charge >= 0.3 is 0 Å². The van der Waals surface area contributed by atoms with Crippen LogP contribution in [0.5, 0.6) is 0 Å². The van der Waals surface area contributed by atoms with Gasteiger partial charge in [0, 0.05) is 12.5 Å². The van der Waals surface area contributed by atoms with Gasteiger partial charge in [-0.1, -0.05) is 39.3 Å². The van der Waals surface area contributed by atoms with E-state index in [1.165, 1.54) is 31.8 Å². The molecule has 5 aliphatic heterocycles. The Morgan fingerprint density at radius 3 is 2.10 bits per heavy atom. The largest absolute Gasteiger partial charge is 0.394 e. The number of piperidine rings is 1. The highest BCUT2D eigenvalue weighted by atomic mass is 16.8. The van der Waals surface area contributed by atoms with E-state index in [4.69, 9.17) is 33.2 Å². The van der Waals surface area contributed by atoms with Crippen molar-refractivity contribution in [2.45, 2.75) is 202 Å². The highest BCUT2D eigenvalue weighted by Gasteiger charge is 2.68. The molecule has 354 valence electrons. The van der Waals surface area contributed by atoms with E-state index in [2.05, 4.69) is 39.1 Å². The Hall–Kier alpha value is -0.940. The van der Waals surface area contributed by atoms with Crippen LogP contribution in [-0.2, 0) is 33.2 Å². The van der Waals surface area contributed by atoms with Crippen molar-refractivity contribution in [1.82, 2.24) is 5.32 Å². The summed E-state index contributed by atoms with van der Waals surface area (Å²) in [5, 5.41) is 100. The first-order chi connectivity index (χ1) is 29.4. The van der Waals surface area contributed by atoms with E-state index >= 15 is 0 Å². The Bertz CT molecular complexity index is 1620. The minimum atomic E-state index is -1.81. The van der Waals surface area contributed by atoms with Crippen LogP contribution >= 0.6 is 0 Å². The zero-order chi connectivity index (χ0) is 44.2. The van der Waals surface area contributed by atoms with Gasteiger partial charge in [0.2, 0.25) is 0 Å². The van der Waals surface area contributed by atoms with E-state index in [1.807, 2.05) is 0 Å². The molecule has 0 radical (unpaired) electrons. The van der Waals surface area contributed by atoms with Crippen molar-refractivity contribution in [3.63, 3.8) is 0 Å². The van der Waals surface area contributed by atoms with Gasteiger partial charge in [-0.25, -0.2) is 0 Å². The van der Waals surface area contributed by atoms with Gasteiger partial charge in [-0.3, -0.25) is 5.32 Å². The van der Waals surface area contributed by atoms with Crippen molar-refractivity contribution in [2.75, 3.05) is 19.8 Å². The molecule has 1 spiro atoms. The normalized spacial score (nSPS) is 57.6. The molecule has 0 unspecified atom stereocenters. The fourth-order valence-corrected chi connectivity index (χ4v) is 14.2. The Labute approximate surface area is 364 Å². The summed E-state index contributed by atoms with van der Waals surface area (Å²) in [5.74, 6) is 3.43. The number of aliphatic hydroxyl groups excluding tert-OH is 9. The van der Waals surface area contributed by atoms with E-state index in [-0.39, 0.29) is 22.7 Å². The standard InChI is InChI=1S/C45H73NO16/c1-19-8-13-45(46-16-19)20(2)30-27(62-45)15-26-24-7-6-22-14-23(9-11-43(22,4)25(24)10-12-44(26,30)5)57-41-37(55)38(33(51)29(18-48)58-41)60-42-39(35(53)32(50)28(17-47)59-42)61-40-36(54)34(52)31(49)21(3)56-40/h6,19-21,23-42,46-55H,7-18H2,1-5H3/t19-,20-,21-,23+,24+,25-,26-,27-,28-,29+,30-,31+,32-,33+,34+,35+,36+,37+,38-,39+,40+,41+,42+,43-,44-,45+/m1/s1. The van der Waals surface area contributed by atoms with Crippen molar-refractivity contribution < 1.29 is 79.1 Å². The summed E-state index contributed by atoms with van der Waals surface area (Å²) in [6, 6.07) is 0. The number of ether oxygens (including phenoxy) is 7. The van der Waals surface area contributed by atoms with Crippen LogP contribution in [0.25, 0.3) is 0 Å². The van der Waals surface area contributed by atoms with Gasteiger partial charge < -0.3 is 79.1 Å². The first-order valence-corrected chi connectivity index (χ1v) is 23.5. The molecule has 0 aromatic carbocycles. The Balaban J connectivity index is 0.877. The molecule has 5 saturated heterocycles. The molecule has 9 rings (SSSR count). The van der Waals surface area contributed by atoms with Crippen LogP contribution in [-0.4, -0.2) is 176 Å². The molecule has 0 bridgehead atoms. The van der Waals surface area contributed by atoms with Crippen LogP contribution in [0.1, 0.15) is 92.4 Å². The van der Waals surface area contributed by atoms with E-state index in [0.717, 1.165) is 32.2 Å². The van der Waals surface area contributed by atoms with Gasteiger partial charge in [0.15, 0.2) is 18.9 Å². The van der Waals surface area contributed by atoms with E-state index in [9.17, 15) is 46.0 Å². The summed E-state index contributed by atoms with van der Waals surface area (Å²) in [6.45, 7) is 10.8. The van der Waals surface area contributed by atoms with Crippen molar-refractivity contribution in [3.05, 3.63) is 11.6 Å². The zero-order valence-corrected chi connectivity index (χ0v) is 36.7. The molecule has 3 saturated carbocycles. The van der Waals surface area contributed by atoms with Crippen molar-refractivity contribution >= 4 is 0 Å². The minimum absolute atomic E-state index is 0.00160. The van der Waals surface area contributed by atoms with Crippen LogP contribution in [0.15, 0.2) is 11.6 Å². The van der Waals surface area contributed by atoms with Gasteiger partial charge in [0.25, 0.3) is 0 Å². The first-order valence-electron chi connectivity index (χ1n) is 23.5. The van der Waals surface area contributed by atoms with Crippen molar-refractivity contribution in [1.29, 1.82) is 0 Å². The third-order valence-electron chi connectivity index (χ3n) is 17.9. The second-order valence-electron chi connectivity index (χ2n) is 21.2. The number of rotatable bonds is 8. The molecule has 0 aromatic rings. The number of hydrogen-bond acceptors (Lipinski definition) is 17. The third kappa shape index (κ3) is 7.49. The van der Waals surface area contributed by atoms with Gasteiger partial charge in [0.05, 0.1) is 31.5 Å². The monoisotopic (exact) mass is 883 g/mol. The Morgan fingerprint density at radius 1 is 0.694 bits per heavy atom. The fourth-order valence-electron chi connectivity index (χ4n) is 14.2. The first kappa shape index (κ1) is 46.2. The van der Waals surface area contributed by atoms with Crippen LogP contribution in [0.3, 0.4) is 0 Å².